The van der Waals surface area contributed by atoms with Gasteiger partial charge in [0.05, 0.1) is 6.10 Å². The number of hydrogen-bond acceptors (Lipinski definition) is 3. The second kappa shape index (κ2) is 6.89. The van der Waals surface area contributed by atoms with Crippen LogP contribution in [0.1, 0.15) is 52.0 Å². The quantitative estimate of drug-likeness (QED) is 0.902. The molecule has 3 unspecified atom stereocenters. The summed E-state index contributed by atoms with van der Waals surface area (Å²) in [6.45, 7) is 7.90. The number of hydrogen-bond donors (Lipinski definition) is 1. The van der Waals surface area contributed by atoms with E-state index in [1.54, 1.807) is 0 Å². The van der Waals surface area contributed by atoms with Crippen LogP contribution in [0.2, 0.25) is 0 Å². The molecule has 0 bridgehead atoms. The van der Waals surface area contributed by atoms with E-state index in [9.17, 15) is 5.11 Å². The fraction of sp³-hybridized carbons (Fsp3) is 0.722. The van der Waals surface area contributed by atoms with Gasteiger partial charge in [0.15, 0.2) is 0 Å². The van der Waals surface area contributed by atoms with E-state index in [0.29, 0.717) is 11.3 Å². The summed E-state index contributed by atoms with van der Waals surface area (Å²) in [7, 11) is 2.13. The van der Waals surface area contributed by atoms with Crippen molar-refractivity contribution in [1.82, 2.24) is 9.88 Å². The van der Waals surface area contributed by atoms with Gasteiger partial charge in [0, 0.05) is 25.0 Å². The standard InChI is InChI=1S/C18H30N2O/c1-5-18(2,3)15-6-7-17(21)16(12-15)20(4)13-14-8-10-19-11-9-14/h8-11,15-17,21H,5-7,12-13H2,1-4H3. The number of likely N-dealkylation sites (N-methyl/N-ethyl adjacent to an activating group) is 1. The van der Waals surface area contributed by atoms with Crippen LogP contribution in [-0.4, -0.2) is 34.2 Å². The summed E-state index contributed by atoms with van der Waals surface area (Å²) in [6, 6.07) is 4.38. The molecular weight excluding hydrogens is 260 g/mol. The average molecular weight is 290 g/mol. The normalized spacial score (nSPS) is 27.0. The third kappa shape index (κ3) is 4.04. The van der Waals surface area contributed by atoms with Gasteiger partial charge in [0.2, 0.25) is 0 Å². The first-order chi connectivity index (χ1) is 9.94. The van der Waals surface area contributed by atoms with Crippen molar-refractivity contribution in [2.75, 3.05) is 7.05 Å². The van der Waals surface area contributed by atoms with Gasteiger partial charge < -0.3 is 5.11 Å². The Balaban J connectivity index is 2.02. The molecular formula is C18H30N2O. The van der Waals surface area contributed by atoms with Crippen LogP contribution in [0.4, 0.5) is 0 Å². The highest BCUT2D eigenvalue weighted by atomic mass is 16.3. The maximum absolute atomic E-state index is 10.4. The molecule has 1 heterocycles. The Morgan fingerprint density at radius 3 is 2.57 bits per heavy atom. The molecule has 3 atom stereocenters. The van der Waals surface area contributed by atoms with Crippen molar-refractivity contribution in [2.24, 2.45) is 11.3 Å². The molecule has 3 nitrogen and oxygen atoms in total. The van der Waals surface area contributed by atoms with Gasteiger partial charge in [-0.1, -0.05) is 27.2 Å². The molecule has 1 N–H and O–H groups in total. The van der Waals surface area contributed by atoms with Crippen LogP contribution in [0.5, 0.6) is 0 Å². The third-order valence-electron chi connectivity index (χ3n) is 5.54. The molecule has 1 aliphatic rings. The van der Waals surface area contributed by atoms with Gasteiger partial charge in [-0.25, -0.2) is 0 Å². The maximum atomic E-state index is 10.4. The van der Waals surface area contributed by atoms with Crippen LogP contribution < -0.4 is 0 Å². The van der Waals surface area contributed by atoms with Crippen molar-refractivity contribution in [3.63, 3.8) is 0 Å². The summed E-state index contributed by atoms with van der Waals surface area (Å²) < 4.78 is 0. The first-order valence-corrected chi connectivity index (χ1v) is 8.21. The number of aliphatic hydroxyl groups excluding tert-OH is 1. The number of aromatic nitrogens is 1. The summed E-state index contributed by atoms with van der Waals surface area (Å²) in [4.78, 5) is 6.39. The molecule has 0 amide bonds. The van der Waals surface area contributed by atoms with E-state index in [-0.39, 0.29) is 12.1 Å². The van der Waals surface area contributed by atoms with E-state index in [1.165, 1.54) is 12.0 Å². The van der Waals surface area contributed by atoms with Crippen molar-refractivity contribution in [2.45, 2.75) is 65.1 Å². The summed E-state index contributed by atoms with van der Waals surface area (Å²) >= 11 is 0. The summed E-state index contributed by atoms with van der Waals surface area (Å²) in [5.74, 6) is 0.704. The summed E-state index contributed by atoms with van der Waals surface area (Å²) in [6.07, 6.45) is 7.87. The zero-order valence-corrected chi connectivity index (χ0v) is 13.9. The lowest BCUT2D eigenvalue weighted by Gasteiger charge is -2.44. The number of pyridine rings is 1. The molecule has 0 aliphatic heterocycles. The van der Waals surface area contributed by atoms with Gasteiger partial charge in [0.25, 0.3) is 0 Å². The Bertz CT molecular complexity index is 432. The van der Waals surface area contributed by atoms with Crippen LogP contribution in [0, 0.1) is 11.3 Å². The maximum Gasteiger partial charge on any atom is 0.0695 e. The minimum absolute atomic E-state index is 0.194. The molecule has 1 saturated carbocycles. The van der Waals surface area contributed by atoms with Crippen LogP contribution in [0.3, 0.4) is 0 Å². The highest BCUT2D eigenvalue weighted by Crippen LogP contribution is 2.41. The predicted octanol–water partition coefficient (Wildman–Crippen LogP) is 3.48. The highest BCUT2D eigenvalue weighted by molar-refractivity contribution is 5.09. The second-order valence-electron chi connectivity index (χ2n) is 7.26. The van der Waals surface area contributed by atoms with Crippen molar-refractivity contribution in [1.29, 1.82) is 0 Å². The number of nitrogens with zero attached hydrogens (tertiary/aromatic N) is 2. The van der Waals surface area contributed by atoms with Gasteiger partial charge >= 0.3 is 0 Å². The third-order valence-corrected chi connectivity index (χ3v) is 5.54. The predicted molar refractivity (Wildman–Crippen MR) is 86.9 cm³/mol. The van der Waals surface area contributed by atoms with Crippen molar-refractivity contribution < 1.29 is 5.11 Å². The Kier molecular flexibility index (Phi) is 5.39. The first kappa shape index (κ1) is 16.4. The molecule has 0 radical (unpaired) electrons. The van der Waals surface area contributed by atoms with Gasteiger partial charge in [-0.05, 0) is 55.3 Å². The molecule has 3 heteroatoms. The van der Waals surface area contributed by atoms with Gasteiger partial charge in [-0.3, -0.25) is 9.88 Å². The Morgan fingerprint density at radius 1 is 1.29 bits per heavy atom. The largest absolute Gasteiger partial charge is 0.391 e. The Labute approximate surface area is 129 Å². The molecule has 0 spiro atoms. The van der Waals surface area contributed by atoms with E-state index in [2.05, 4.69) is 49.8 Å². The zero-order valence-electron chi connectivity index (χ0n) is 13.9. The van der Waals surface area contributed by atoms with E-state index in [0.717, 1.165) is 25.8 Å². The fourth-order valence-electron chi connectivity index (χ4n) is 3.50. The number of aliphatic hydroxyl groups is 1. The van der Waals surface area contributed by atoms with E-state index >= 15 is 0 Å². The second-order valence-corrected chi connectivity index (χ2v) is 7.26. The lowest BCUT2D eigenvalue weighted by Crippen LogP contribution is -2.47. The molecule has 1 fully saturated rings. The van der Waals surface area contributed by atoms with Gasteiger partial charge in [-0.2, -0.15) is 0 Å². The first-order valence-electron chi connectivity index (χ1n) is 8.21. The lowest BCUT2D eigenvalue weighted by atomic mass is 9.67. The molecule has 1 aromatic rings. The van der Waals surface area contributed by atoms with Crippen LogP contribution in [0.25, 0.3) is 0 Å². The fourth-order valence-corrected chi connectivity index (χ4v) is 3.50. The Hall–Kier alpha value is -0.930. The topological polar surface area (TPSA) is 36.4 Å². The molecule has 1 aromatic heterocycles. The molecule has 2 rings (SSSR count). The van der Waals surface area contributed by atoms with Crippen LogP contribution in [0.15, 0.2) is 24.5 Å². The summed E-state index contributed by atoms with van der Waals surface area (Å²) in [5, 5.41) is 10.4. The van der Waals surface area contributed by atoms with Crippen LogP contribution >= 0.6 is 0 Å². The minimum Gasteiger partial charge on any atom is -0.391 e. The van der Waals surface area contributed by atoms with E-state index in [1.807, 2.05) is 12.4 Å². The minimum atomic E-state index is -0.194. The van der Waals surface area contributed by atoms with Crippen LogP contribution in [-0.2, 0) is 6.54 Å². The molecule has 118 valence electrons. The molecule has 0 saturated heterocycles. The summed E-state index contributed by atoms with van der Waals surface area (Å²) in [5.41, 5.74) is 1.63. The van der Waals surface area contributed by atoms with Crippen molar-refractivity contribution in [3.8, 4) is 0 Å². The number of rotatable bonds is 5. The monoisotopic (exact) mass is 290 g/mol. The van der Waals surface area contributed by atoms with E-state index < -0.39 is 0 Å². The van der Waals surface area contributed by atoms with Crippen molar-refractivity contribution in [3.05, 3.63) is 30.1 Å². The lowest BCUT2D eigenvalue weighted by molar-refractivity contribution is -0.0144. The SMILES string of the molecule is CCC(C)(C)C1CCC(O)C(N(C)Cc2ccncc2)C1. The molecule has 0 aromatic carbocycles. The van der Waals surface area contributed by atoms with Gasteiger partial charge in [0.1, 0.15) is 0 Å². The van der Waals surface area contributed by atoms with E-state index in [4.69, 9.17) is 0 Å². The molecule has 21 heavy (non-hydrogen) atoms. The average Bonchev–Trinajstić information content (AvgIpc) is 2.48. The Morgan fingerprint density at radius 2 is 1.95 bits per heavy atom. The zero-order chi connectivity index (χ0) is 15.5. The van der Waals surface area contributed by atoms with Crippen molar-refractivity contribution >= 4 is 0 Å². The smallest absolute Gasteiger partial charge is 0.0695 e. The highest BCUT2D eigenvalue weighted by Gasteiger charge is 2.38. The van der Waals surface area contributed by atoms with Gasteiger partial charge in [-0.15, -0.1) is 0 Å². The molecule has 1 aliphatic carbocycles.